The van der Waals surface area contributed by atoms with Crippen molar-refractivity contribution in [2.24, 2.45) is 0 Å². The van der Waals surface area contributed by atoms with Crippen LogP contribution in [0.1, 0.15) is 0 Å². The number of rotatable bonds is 6. The van der Waals surface area contributed by atoms with Crippen LogP contribution in [0.3, 0.4) is 0 Å². The Morgan fingerprint density at radius 3 is 0.711 bits per heavy atom. The molecular formula is C42H33N3. The van der Waals surface area contributed by atoms with Crippen molar-refractivity contribution in [3.63, 3.8) is 0 Å². The van der Waals surface area contributed by atoms with E-state index in [1.165, 1.54) is 0 Å². The van der Waals surface area contributed by atoms with Crippen LogP contribution in [-0.2, 0) is 0 Å². The van der Waals surface area contributed by atoms with Crippen molar-refractivity contribution in [3.8, 4) is 66.8 Å². The normalized spacial score (nSPS) is 10.9. The fourth-order valence-corrected chi connectivity index (χ4v) is 6.08. The maximum Gasteiger partial charge on any atom is 0.0794 e. The van der Waals surface area contributed by atoms with Crippen LogP contribution in [0.5, 0.6) is 0 Å². The van der Waals surface area contributed by atoms with Crippen molar-refractivity contribution in [2.45, 2.75) is 0 Å². The maximum atomic E-state index is 6.87. The third-order valence-electron chi connectivity index (χ3n) is 8.46. The van der Waals surface area contributed by atoms with Gasteiger partial charge in [-0.3, -0.25) is 0 Å². The minimum atomic E-state index is 0.393. The highest BCUT2D eigenvalue weighted by molar-refractivity contribution is 6.10. The maximum absolute atomic E-state index is 6.87. The standard InChI is InChI=1S/C42H33N3/c43-40-38(35-24-18-32(19-25-35)29-12-6-2-7-13-29)37(34-22-16-31(17-23-34)28-10-4-1-5-11-28)39(41(44)42(40)45)36-26-20-33(21-27-36)30-14-8-3-9-15-30/h1-27H,43-45H2. The van der Waals surface area contributed by atoms with Crippen LogP contribution in [0.4, 0.5) is 17.1 Å². The van der Waals surface area contributed by atoms with E-state index in [0.717, 1.165) is 66.8 Å². The molecule has 0 aliphatic carbocycles. The quantitative estimate of drug-likeness (QED) is 0.172. The zero-order valence-corrected chi connectivity index (χ0v) is 24.8. The number of hydrogen-bond acceptors (Lipinski definition) is 3. The van der Waals surface area contributed by atoms with Crippen LogP contribution in [-0.4, -0.2) is 0 Å². The molecule has 0 spiro atoms. The summed E-state index contributed by atoms with van der Waals surface area (Å²) in [5.74, 6) is 0. The van der Waals surface area contributed by atoms with Gasteiger partial charge in [-0.1, -0.05) is 164 Å². The third kappa shape index (κ3) is 5.32. The summed E-state index contributed by atoms with van der Waals surface area (Å²) in [5.41, 5.74) is 34.3. The van der Waals surface area contributed by atoms with Crippen LogP contribution in [0.15, 0.2) is 164 Å². The van der Waals surface area contributed by atoms with E-state index in [0.29, 0.717) is 17.1 Å². The van der Waals surface area contributed by atoms with Gasteiger partial charge >= 0.3 is 0 Å². The summed E-state index contributed by atoms with van der Waals surface area (Å²) in [6, 6.07) is 56.7. The van der Waals surface area contributed by atoms with Gasteiger partial charge in [0, 0.05) is 16.7 Å². The highest BCUT2D eigenvalue weighted by atomic mass is 14.7. The van der Waals surface area contributed by atoms with Gasteiger partial charge in [-0.05, 0) is 50.1 Å². The molecule has 7 rings (SSSR count). The summed E-state index contributed by atoms with van der Waals surface area (Å²) in [6.07, 6.45) is 0. The number of anilines is 3. The van der Waals surface area contributed by atoms with Crippen LogP contribution >= 0.6 is 0 Å². The van der Waals surface area contributed by atoms with Crippen molar-refractivity contribution >= 4 is 17.1 Å². The summed E-state index contributed by atoms with van der Waals surface area (Å²) in [7, 11) is 0. The van der Waals surface area contributed by atoms with E-state index in [1.807, 2.05) is 18.2 Å². The second-order valence-electron chi connectivity index (χ2n) is 11.2. The molecule has 7 aromatic rings. The predicted octanol–water partition coefficient (Wildman–Crippen LogP) is 10.4. The summed E-state index contributed by atoms with van der Waals surface area (Å²) in [5, 5.41) is 0. The van der Waals surface area contributed by atoms with E-state index in [-0.39, 0.29) is 0 Å². The van der Waals surface area contributed by atoms with E-state index in [2.05, 4.69) is 146 Å². The Balaban J connectivity index is 1.43. The van der Waals surface area contributed by atoms with Gasteiger partial charge < -0.3 is 17.2 Å². The molecule has 0 saturated carbocycles. The van der Waals surface area contributed by atoms with Crippen LogP contribution in [0, 0.1) is 0 Å². The van der Waals surface area contributed by atoms with Gasteiger partial charge in [0.2, 0.25) is 0 Å². The van der Waals surface area contributed by atoms with E-state index in [4.69, 9.17) is 17.2 Å². The molecule has 0 atom stereocenters. The Hall–Kier alpha value is -6.06. The Morgan fingerprint density at radius 1 is 0.200 bits per heavy atom. The second-order valence-corrected chi connectivity index (χ2v) is 11.2. The molecule has 0 bridgehead atoms. The highest BCUT2D eigenvalue weighted by Crippen LogP contribution is 2.50. The fraction of sp³-hybridized carbons (Fsp3) is 0. The van der Waals surface area contributed by atoms with Gasteiger partial charge in [0.25, 0.3) is 0 Å². The lowest BCUT2D eigenvalue weighted by atomic mass is 9.83. The molecule has 216 valence electrons. The molecule has 0 saturated heterocycles. The lowest BCUT2D eigenvalue weighted by Crippen LogP contribution is -2.07. The minimum absolute atomic E-state index is 0.393. The van der Waals surface area contributed by atoms with Gasteiger partial charge in [0.05, 0.1) is 17.1 Å². The molecule has 3 nitrogen and oxygen atoms in total. The first-order valence-corrected chi connectivity index (χ1v) is 15.1. The summed E-state index contributed by atoms with van der Waals surface area (Å²) < 4.78 is 0. The van der Waals surface area contributed by atoms with Gasteiger partial charge in [0.15, 0.2) is 0 Å². The molecule has 6 N–H and O–H groups in total. The SMILES string of the molecule is Nc1c(N)c(-c2ccc(-c3ccccc3)cc2)c(-c2ccc(-c3ccccc3)cc2)c(-c2ccc(-c3ccccc3)cc2)c1N. The molecule has 0 radical (unpaired) electrons. The molecule has 7 aromatic carbocycles. The molecule has 0 unspecified atom stereocenters. The monoisotopic (exact) mass is 579 g/mol. The molecule has 0 heterocycles. The summed E-state index contributed by atoms with van der Waals surface area (Å²) >= 11 is 0. The first kappa shape index (κ1) is 27.8. The largest absolute Gasteiger partial charge is 0.396 e. The van der Waals surface area contributed by atoms with Crippen molar-refractivity contribution < 1.29 is 0 Å². The molecule has 0 aliphatic rings. The van der Waals surface area contributed by atoms with Gasteiger partial charge in [-0.25, -0.2) is 0 Å². The third-order valence-corrected chi connectivity index (χ3v) is 8.46. The Labute approximate surface area is 264 Å². The van der Waals surface area contributed by atoms with Crippen LogP contribution < -0.4 is 17.2 Å². The molecule has 0 fully saturated rings. The van der Waals surface area contributed by atoms with Crippen molar-refractivity contribution in [1.82, 2.24) is 0 Å². The fourth-order valence-electron chi connectivity index (χ4n) is 6.08. The van der Waals surface area contributed by atoms with Gasteiger partial charge in [-0.15, -0.1) is 0 Å². The van der Waals surface area contributed by atoms with Crippen LogP contribution in [0.25, 0.3) is 66.8 Å². The molecule has 0 aromatic heterocycles. The highest BCUT2D eigenvalue weighted by Gasteiger charge is 2.23. The lowest BCUT2D eigenvalue weighted by molar-refractivity contribution is 1.53. The van der Waals surface area contributed by atoms with Gasteiger partial charge in [0.1, 0.15) is 0 Å². The first-order chi connectivity index (χ1) is 22.1. The second kappa shape index (κ2) is 11.9. The molecular weight excluding hydrogens is 546 g/mol. The van der Waals surface area contributed by atoms with E-state index < -0.39 is 0 Å². The van der Waals surface area contributed by atoms with Crippen LogP contribution in [0.2, 0.25) is 0 Å². The van der Waals surface area contributed by atoms with E-state index >= 15 is 0 Å². The summed E-state index contributed by atoms with van der Waals surface area (Å²) in [6.45, 7) is 0. The van der Waals surface area contributed by atoms with Crippen molar-refractivity contribution in [2.75, 3.05) is 17.2 Å². The first-order valence-electron chi connectivity index (χ1n) is 15.1. The number of hydrogen-bond donors (Lipinski definition) is 3. The van der Waals surface area contributed by atoms with E-state index in [1.54, 1.807) is 0 Å². The molecule has 3 heteroatoms. The number of benzene rings is 7. The summed E-state index contributed by atoms with van der Waals surface area (Å²) in [4.78, 5) is 0. The number of nitrogens with two attached hydrogens (primary N) is 3. The Kier molecular flexibility index (Phi) is 7.34. The lowest BCUT2D eigenvalue weighted by Gasteiger charge is -2.23. The number of nitrogen functional groups attached to an aromatic ring is 3. The average molecular weight is 580 g/mol. The average Bonchev–Trinajstić information content (AvgIpc) is 3.12. The van der Waals surface area contributed by atoms with Crippen molar-refractivity contribution in [1.29, 1.82) is 0 Å². The Morgan fingerprint density at radius 2 is 0.422 bits per heavy atom. The zero-order chi connectivity index (χ0) is 30.8. The smallest absolute Gasteiger partial charge is 0.0794 e. The topological polar surface area (TPSA) is 78.1 Å². The van der Waals surface area contributed by atoms with Crippen molar-refractivity contribution in [3.05, 3.63) is 164 Å². The zero-order valence-electron chi connectivity index (χ0n) is 24.8. The Bertz CT molecular complexity index is 1960. The molecule has 0 aliphatic heterocycles. The minimum Gasteiger partial charge on any atom is -0.396 e. The molecule has 45 heavy (non-hydrogen) atoms. The van der Waals surface area contributed by atoms with Gasteiger partial charge in [-0.2, -0.15) is 0 Å². The van der Waals surface area contributed by atoms with E-state index in [9.17, 15) is 0 Å². The predicted molar refractivity (Wildman–Crippen MR) is 192 cm³/mol. The molecule has 0 amide bonds.